The van der Waals surface area contributed by atoms with Crippen molar-refractivity contribution in [3.8, 4) is 5.88 Å². The van der Waals surface area contributed by atoms with E-state index >= 15 is 0 Å². The van der Waals surface area contributed by atoms with E-state index in [0.717, 1.165) is 5.56 Å². The van der Waals surface area contributed by atoms with Crippen LogP contribution >= 0.6 is 0 Å². The van der Waals surface area contributed by atoms with Crippen LogP contribution in [0, 0.1) is 0 Å². The number of carbonyl (C=O) groups excluding carboxylic acids is 2. The quantitative estimate of drug-likeness (QED) is 0.560. The molecule has 0 radical (unpaired) electrons. The second-order valence-electron chi connectivity index (χ2n) is 6.26. The summed E-state index contributed by atoms with van der Waals surface area (Å²) in [7, 11) is 1.57. The highest BCUT2D eigenvalue weighted by molar-refractivity contribution is 5.92. The van der Waals surface area contributed by atoms with E-state index in [0.29, 0.717) is 29.9 Å². The van der Waals surface area contributed by atoms with Gasteiger partial charge in [0.2, 0.25) is 0 Å². The first-order valence-electron chi connectivity index (χ1n) is 8.93. The van der Waals surface area contributed by atoms with Crippen molar-refractivity contribution >= 4 is 28.8 Å². The average molecular weight is 398 g/mol. The van der Waals surface area contributed by atoms with Crippen molar-refractivity contribution in [3.05, 3.63) is 48.2 Å². The Hall–Kier alpha value is -3.66. The van der Waals surface area contributed by atoms with Crippen LogP contribution in [0.1, 0.15) is 18.5 Å². The zero-order valence-electron chi connectivity index (χ0n) is 16.1. The number of nitrogens with zero attached hydrogens (tertiary/aromatic N) is 3. The number of benzene rings is 1. The van der Waals surface area contributed by atoms with Gasteiger partial charge < -0.3 is 20.5 Å². The molecule has 0 aliphatic carbocycles. The van der Waals surface area contributed by atoms with Gasteiger partial charge in [-0.15, -0.1) is 5.10 Å². The second kappa shape index (κ2) is 9.02. The first kappa shape index (κ1) is 20.1. The van der Waals surface area contributed by atoms with Crippen LogP contribution in [0.25, 0.3) is 10.9 Å². The molecule has 0 spiro atoms. The van der Waals surface area contributed by atoms with Crippen LogP contribution < -0.4 is 21.1 Å². The van der Waals surface area contributed by atoms with Crippen molar-refractivity contribution in [1.29, 1.82) is 0 Å². The maximum absolute atomic E-state index is 12.3. The number of methoxy groups -OCH3 is 1. The largest absolute Gasteiger partial charge is 0.411 e. The summed E-state index contributed by atoms with van der Waals surface area (Å²) in [6.07, 6.45) is 0.486. The minimum Gasteiger partial charge on any atom is -0.389 e. The summed E-state index contributed by atoms with van der Waals surface area (Å²) in [6, 6.07) is 10.7. The molecule has 0 aliphatic heterocycles. The fourth-order valence-corrected chi connectivity index (χ4v) is 2.80. The standard InChI is InChI=1S/C19H22N6O4/c1-12(13-6-4-3-5-7-13)22-19(27)23-16-10-15-14(11-21-16)17(29-18(20)26)24-25(15)8-9-28-2/h3-7,10-12H,8-9H2,1-2H3,(H2,20,26)(H2,21,22,23,27)/t12-/m1/s1. The average Bonchev–Trinajstić information content (AvgIpc) is 3.03. The van der Waals surface area contributed by atoms with Crippen molar-refractivity contribution in [2.75, 3.05) is 19.0 Å². The van der Waals surface area contributed by atoms with Crippen molar-refractivity contribution in [3.63, 3.8) is 0 Å². The Bertz CT molecular complexity index is 1000. The molecule has 0 fully saturated rings. The van der Waals surface area contributed by atoms with E-state index < -0.39 is 12.1 Å². The molecule has 0 bridgehead atoms. The van der Waals surface area contributed by atoms with Crippen LogP contribution in [-0.4, -0.2) is 40.6 Å². The lowest BCUT2D eigenvalue weighted by atomic mass is 10.1. The highest BCUT2D eigenvalue weighted by Crippen LogP contribution is 2.26. The van der Waals surface area contributed by atoms with Crippen molar-refractivity contribution in [2.45, 2.75) is 19.5 Å². The molecule has 2 aromatic heterocycles. The molecule has 0 saturated heterocycles. The number of hydrogen-bond acceptors (Lipinski definition) is 6. The second-order valence-corrected chi connectivity index (χ2v) is 6.26. The SMILES string of the molecule is COCCn1nc(OC(N)=O)c2cnc(NC(=O)N[C@H](C)c3ccccc3)cc21. The third kappa shape index (κ3) is 4.99. The van der Waals surface area contributed by atoms with Gasteiger partial charge in [-0.3, -0.25) is 10.00 Å². The van der Waals surface area contributed by atoms with Crippen LogP contribution in [0.2, 0.25) is 0 Å². The lowest BCUT2D eigenvalue weighted by molar-refractivity contribution is 0.183. The van der Waals surface area contributed by atoms with Crippen LogP contribution in [0.15, 0.2) is 42.6 Å². The van der Waals surface area contributed by atoms with Gasteiger partial charge in [-0.2, -0.15) is 0 Å². The Balaban J connectivity index is 1.78. The van der Waals surface area contributed by atoms with Gasteiger partial charge in [-0.25, -0.2) is 14.6 Å². The molecule has 1 atom stereocenters. The Kier molecular flexibility index (Phi) is 6.25. The van der Waals surface area contributed by atoms with Gasteiger partial charge in [0.05, 0.1) is 30.1 Å². The molecule has 4 N–H and O–H groups in total. The van der Waals surface area contributed by atoms with E-state index in [1.54, 1.807) is 17.9 Å². The summed E-state index contributed by atoms with van der Waals surface area (Å²) in [5.74, 6) is 0.365. The first-order valence-corrected chi connectivity index (χ1v) is 8.93. The summed E-state index contributed by atoms with van der Waals surface area (Å²) in [4.78, 5) is 27.7. The number of nitrogens with two attached hydrogens (primary N) is 1. The molecule has 0 aliphatic rings. The molecular formula is C19H22N6O4. The lowest BCUT2D eigenvalue weighted by Crippen LogP contribution is -2.31. The maximum Gasteiger partial charge on any atom is 0.411 e. The Labute approximate surface area is 167 Å². The molecule has 152 valence electrons. The number of rotatable bonds is 7. The minimum absolute atomic E-state index is 0.0461. The topological polar surface area (TPSA) is 133 Å². The van der Waals surface area contributed by atoms with E-state index in [4.69, 9.17) is 15.2 Å². The van der Waals surface area contributed by atoms with Crippen molar-refractivity contribution in [1.82, 2.24) is 20.1 Å². The van der Waals surface area contributed by atoms with E-state index in [2.05, 4.69) is 20.7 Å². The predicted molar refractivity (Wildman–Crippen MR) is 107 cm³/mol. The molecule has 10 heteroatoms. The van der Waals surface area contributed by atoms with Gasteiger partial charge >= 0.3 is 12.1 Å². The number of ether oxygens (including phenoxy) is 2. The predicted octanol–water partition coefficient (Wildman–Crippen LogP) is 2.42. The Morgan fingerprint density at radius 2 is 2.03 bits per heavy atom. The summed E-state index contributed by atoms with van der Waals surface area (Å²) in [6.45, 7) is 2.70. The third-order valence-electron chi connectivity index (χ3n) is 4.20. The number of hydrogen-bond donors (Lipinski definition) is 3. The smallest absolute Gasteiger partial charge is 0.389 e. The van der Waals surface area contributed by atoms with Gasteiger partial charge in [0.1, 0.15) is 5.82 Å². The minimum atomic E-state index is -0.972. The summed E-state index contributed by atoms with van der Waals surface area (Å²) >= 11 is 0. The summed E-state index contributed by atoms with van der Waals surface area (Å²) < 4.78 is 11.6. The maximum atomic E-state index is 12.3. The summed E-state index contributed by atoms with van der Waals surface area (Å²) in [5.41, 5.74) is 6.69. The molecule has 3 aromatic rings. The number of fused-ring (bicyclic) bond motifs is 1. The number of pyridine rings is 1. The van der Waals surface area contributed by atoms with Crippen molar-refractivity contribution in [2.24, 2.45) is 5.73 Å². The lowest BCUT2D eigenvalue weighted by Gasteiger charge is -2.14. The molecule has 0 unspecified atom stereocenters. The van der Waals surface area contributed by atoms with Gasteiger partial charge in [-0.1, -0.05) is 30.3 Å². The molecule has 29 heavy (non-hydrogen) atoms. The number of nitrogens with one attached hydrogen (secondary N) is 2. The number of primary amides is 1. The van der Waals surface area contributed by atoms with E-state index in [1.165, 1.54) is 6.20 Å². The van der Waals surface area contributed by atoms with Gasteiger partial charge in [0.15, 0.2) is 0 Å². The molecule has 3 amide bonds. The van der Waals surface area contributed by atoms with Crippen LogP contribution in [0.4, 0.5) is 15.4 Å². The van der Waals surface area contributed by atoms with Crippen LogP contribution in [0.5, 0.6) is 5.88 Å². The normalized spacial score (nSPS) is 11.8. The Morgan fingerprint density at radius 1 is 1.28 bits per heavy atom. The summed E-state index contributed by atoms with van der Waals surface area (Å²) in [5, 5.41) is 10.3. The van der Waals surface area contributed by atoms with Crippen molar-refractivity contribution < 1.29 is 19.1 Å². The number of aromatic nitrogens is 3. The fraction of sp³-hybridized carbons (Fsp3) is 0.263. The van der Waals surface area contributed by atoms with Gasteiger partial charge in [0, 0.05) is 19.4 Å². The molecule has 2 heterocycles. The van der Waals surface area contributed by atoms with Gasteiger partial charge in [-0.05, 0) is 12.5 Å². The molecule has 1 aromatic carbocycles. The molecule has 0 saturated carbocycles. The number of carbonyl (C=O) groups is 2. The third-order valence-corrected chi connectivity index (χ3v) is 4.20. The highest BCUT2D eigenvalue weighted by atomic mass is 16.6. The monoisotopic (exact) mass is 398 g/mol. The van der Waals surface area contributed by atoms with E-state index in [-0.39, 0.29) is 11.9 Å². The molecular weight excluding hydrogens is 376 g/mol. The first-order chi connectivity index (χ1) is 14.0. The number of urea groups is 1. The zero-order valence-corrected chi connectivity index (χ0v) is 16.1. The molecule has 3 rings (SSSR count). The van der Waals surface area contributed by atoms with E-state index in [1.807, 2.05) is 37.3 Å². The Morgan fingerprint density at radius 3 is 2.72 bits per heavy atom. The van der Waals surface area contributed by atoms with Gasteiger partial charge in [0.25, 0.3) is 5.88 Å². The zero-order chi connectivity index (χ0) is 20.8. The number of anilines is 1. The van der Waals surface area contributed by atoms with Crippen LogP contribution in [0.3, 0.4) is 0 Å². The number of amides is 3. The highest BCUT2D eigenvalue weighted by Gasteiger charge is 2.16. The van der Waals surface area contributed by atoms with Crippen LogP contribution in [-0.2, 0) is 11.3 Å². The fourth-order valence-electron chi connectivity index (χ4n) is 2.80. The molecule has 10 nitrogen and oxygen atoms in total. The van der Waals surface area contributed by atoms with E-state index in [9.17, 15) is 9.59 Å².